The van der Waals surface area contributed by atoms with Gasteiger partial charge in [-0.2, -0.15) is 0 Å². The molecule has 0 aliphatic heterocycles. The molecule has 1 N–H and O–H groups in total. The minimum absolute atomic E-state index is 0.0109. The van der Waals surface area contributed by atoms with Crippen LogP contribution in [0.3, 0.4) is 0 Å². The number of rotatable bonds is 10. The fraction of sp³-hybridized carbons (Fsp3) is 0.200. The van der Waals surface area contributed by atoms with Crippen LogP contribution in [0.1, 0.15) is 22.8 Å². The van der Waals surface area contributed by atoms with Gasteiger partial charge in [0, 0.05) is 31.4 Å². The molecule has 1 heterocycles. The number of aromatic nitrogens is 1. The van der Waals surface area contributed by atoms with Gasteiger partial charge in [0.1, 0.15) is 11.6 Å². The predicted octanol–water partition coefficient (Wildman–Crippen LogP) is 4.29. The molecule has 7 nitrogen and oxygen atoms in total. The SMILES string of the molecule is CCOc1ccncc1NC=CCS(=O)(=O)c1ccccc1C(=O)N(C)Cc1ccccc1F. The summed E-state index contributed by atoms with van der Waals surface area (Å²) in [5.74, 6) is -0.673. The molecule has 0 aliphatic rings. The summed E-state index contributed by atoms with van der Waals surface area (Å²) in [7, 11) is -2.31. The highest BCUT2D eigenvalue weighted by molar-refractivity contribution is 7.91. The summed E-state index contributed by atoms with van der Waals surface area (Å²) in [6, 6.07) is 13.9. The first-order valence-electron chi connectivity index (χ1n) is 10.6. The Morgan fingerprint density at radius 2 is 1.88 bits per heavy atom. The van der Waals surface area contributed by atoms with Crippen LogP contribution in [-0.4, -0.2) is 43.6 Å². The van der Waals surface area contributed by atoms with Gasteiger partial charge in [-0.1, -0.05) is 36.4 Å². The molecule has 0 unspecified atom stereocenters. The van der Waals surface area contributed by atoms with Crippen molar-refractivity contribution < 1.29 is 22.3 Å². The van der Waals surface area contributed by atoms with E-state index in [1.54, 1.807) is 48.8 Å². The smallest absolute Gasteiger partial charge is 0.255 e. The third-order valence-corrected chi connectivity index (χ3v) is 6.58. The number of carbonyl (C=O) groups excluding carboxylic acids is 1. The molecule has 0 radical (unpaired) electrons. The van der Waals surface area contributed by atoms with Crippen molar-refractivity contribution in [3.05, 3.63) is 96.2 Å². The quantitative estimate of drug-likeness (QED) is 0.463. The number of nitrogens with one attached hydrogen (secondary N) is 1. The van der Waals surface area contributed by atoms with Crippen molar-refractivity contribution in [3.63, 3.8) is 0 Å². The lowest BCUT2D eigenvalue weighted by molar-refractivity contribution is 0.0780. The number of anilines is 1. The molecule has 0 bridgehead atoms. The standard InChI is InChI=1S/C25H26FN3O4S/c1-3-33-23-13-15-27-17-22(23)28-14-8-16-34(31,32)24-12-7-5-10-20(24)25(30)29(2)18-19-9-4-6-11-21(19)26/h4-15,17,28H,3,16,18H2,1-2H3. The van der Waals surface area contributed by atoms with Gasteiger partial charge >= 0.3 is 0 Å². The van der Waals surface area contributed by atoms with E-state index < -0.39 is 21.6 Å². The second-order valence-corrected chi connectivity index (χ2v) is 9.38. The molecule has 34 heavy (non-hydrogen) atoms. The summed E-state index contributed by atoms with van der Waals surface area (Å²) in [6.07, 6.45) is 6.11. The van der Waals surface area contributed by atoms with E-state index in [0.717, 1.165) is 0 Å². The molecule has 3 aromatic rings. The van der Waals surface area contributed by atoms with E-state index in [2.05, 4.69) is 10.3 Å². The van der Waals surface area contributed by atoms with E-state index in [1.165, 1.54) is 42.4 Å². The fourth-order valence-electron chi connectivity index (χ4n) is 3.26. The summed E-state index contributed by atoms with van der Waals surface area (Å²) in [5.41, 5.74) is 0.978. The maximum absolute atomic E-state index is 14.0. The van der Waals surface area contributed by atoms with Crippen LogP contribution in [0.5, 0.6) is 5.75 Å². The molecular weight excluding hydrogens is 457 g/mol. The zero-order valence-electron chi connectivity index (χ0n) is 18.9. The summed E-state index contributed by atoms with van der Waals surface area (Å²) in [6.45, 7) is 2.35. The van der Waals surface area contributed by atoms with Gasteiger partial charge in [0.25, 0.3) is 5.91 Å². The van der Waals surface area contributed by atoms with Gasteiger partial charge in [-0.05, 0) is 31.3 Å². The Morgan fingerprint density at radius 3 is 2.65 bits per heavy atom. The van der Waals surface area contributed by atoms with Gasteiger partial charge in [0.2, 0.25) is 0 Å². The highest BCUT2D eigenvalue weighted by Crippen LogP contribution is 2.23. The molecule has 9 heteroatoms. The van der Waals surface area contributed by atoms with E-state index in [4.69, 9.17) is 4.74 Å². The molecule has 1 amide bonds. The van der Waals surface area contributed by atoms with E-state index in [9.17, 15) is 17.6 Å². The lowest BCUT2D eigenvalue weighted by Crippen LogP contribution is -2.28. The largest absolute Gasteiger partial charge is 0.492 e. The molecule has 2 aromatic carbocycles. The first-order chi connectivity index (χ1) is 16.3. The van der Waals surface area contributed by atoms with E-state index >= 15 is 0 Å². The number of hydrogen-bond donors (Lipinski definition) is 1. The van der Waals surface area contributed by atoms with Crippen LogP contribution < -0.4 is 10.1 Å². The van der Waals surface area contributed by atoms with Crippen molar-refractivity contribution in [2.75, 3.05) is 24.7 Å². The average Bonchev–Trinajstić information content (AvgIpc) is 2.84. The molecular formula is C25H26FN3O4S. The molecule has 1 aromatic heterocycles. The zero-order chi connectivity index (χ0) is 24.6. The molecule has 3 rings (SSSR count). The summed E-state index contributed by atoms with van der Waals surface area (Å²) in [4.78, 5) is 18.3. The van der Waals surface area contributed by atoms with Crippen molar-refractivity contribution in [2.45, 2.75) is 18.4 Å². The van der Waals surface area contributed by atoms with Gasteiger partial charge in [-0.25, -0.2) is 12.8 Å². The van der Waals surface area contributed by atoms with Crippen LogP contribution >= 0.6 is 0 Å². The second-order valence-electron chi connectivity index (χ2n) is 7.38. The van der Waals surface area contributed by atoms with Gasteiger partial charge in [0.05, 0.1) is 34.7 Å². The van der Waals surface area contributed by atoms with Crippen molar-refractivity contribution in [1.29, 1.82) is 0 Å². The number of amides is 1. The Morgan fingerprint density at radius 1 is 1.15 bits per heavy atom. The van der Waals surface area contributed by atoms with Crippen LogP contribution in [0.15, 0.2) is 84.2 Å². The maximum atomic E-state index is 14.0. The first kappa shape index (κ1) is 24.9. The minimum atomic E-state index is -3.82. The third kappa shape index (κ3) is 6.20. The lowest BCUT2D eigenvalue weighted by atomic mass is 10.1. The van der Waals surface area contributed by atoms with Crippen molar-refractivity contribution in [1.82, 2.24) is 9.88 Å². The number of carbonyl (C=O) groups is 1. The van der Waals surface area contributed by atoms with Gasteiger partial charge < -0.3 is 15.0 Å². The van der Waals surface area contributed by atoms with Crippen molar-refractivity contribution in [2.24, 2.45) is 0 Å². The van der Waals surface area contributed by atoms with E-state index in [-0.39, 0.29) is 22.8 Å². The molecule has 0 atom stereocenters. The number of ether oxygens (including phenoxy) is 1. The Balaban J connectivity index is 1.74. The number of hydrogen-bond acceptors (Lipinski definition) is 6. The van der Waals surface area contributed by atoms with Crippen molar-refractivity contribution in [3.8, 4) is 5.75 Å². The minimum Gasteiger partial charge on any atom is -0.492 e. The highest BCUT2D eigenvalue weighted by atomic mass is 32.2. The predicted molar refractivity (Wildman–Crippen MR) is 129 cm³/mol. The third-order valence-electron chi connectivity index (χ3n) is 4.92. The summed E-state index contributed by atoms with van der Waals surface area (Å²) in [5, 5.41) is 2.97. The molecule has 0 saturated carbocycles. The normalized spacial score (nSPS) is 11.4. The summed E-state index contributed by atoms with van der Waals surface area (Å²) < 4.78 is 45.5. The van der Waals surface area contributed by atoms with Crippen LogP contribution in [0, 0.1) is 5.82 Å². The average molecular weight is 484 g/mol. The molecule has 0 fully saturated rings. The van der Waals surface area contributed by atoms with E-state index in [1.807, 2.05) is 6.92 Å². The Bertz CT molecular complexity index is 1280. The van der Waals surface area contributed by atoms with Gasteiger partial charge in [0.15, 0.2) is 9.84 Å². The summed E-state index contributed by atoms with van der Waals surface area (Å²) >= 11 is 0. The van der Waals surface area contributed by atoms with E-state index in [0.29, 0.717) is 23.6 Å². The highest BCUT2D eigenvalue weighted by Gasteiger charge is 2.23. The molecule has 0 saturated heterocycles. The van der Waals surface area contributed by atoms with Crippen LogP contribution in [0.25, 0.3) is 0 Å². The molecule has 0 spiro atoms. The Hall–Kier alpha value is -3.72. The Kier molecular flexibility index (Phi) is 8.37. The zero-order valence-corrected chi connectivity index (χ0v) is 19.8. The maximum Gasteiger partial charge on any atom is 0.255 e. The number of sulfone groups is 1. The van der Waals surface area contributed by atoms with Crippen LogP contribution in [0.4, 0.5) is 10.1 Å². The number of halogens is 1. The molecule has 0 aliphatic carbocycles. The van der Waals surface area contributed by atoms with Crippen molar-refractivity contribution >= 4 is 21.4 Å². The number of pyridine rings is 1. The Labute approximate surface area is 198 Å². The monoisotopic (exact) mass is 483 g/mol. The lowest BCUT2D eigenvalue weighted by Gasteiger charge is -2.19. The molecule has 178 valence electrons. The number of benzene rings is 2. The fourth-order valence-corrected chi connectivity index (χ4v) is 4.56. The van der Waals surface area contributed by atoms with Crippen LogP contribution in [0.2, 0.25) is 0 Å². The van der Waals surface area contributed by atoms with Gasteiger partial charge in [-0.15, -0.1) is 0 Å². The second kappa shape index (κ2) is 11.4. The number of nitrogens with zero attached hydrogens (tertiary/aromatic N) is 2. The van der Waals surface area contributed by atoms with Gasteiger partial charge in [-0.3, -0.25) is 9.78 Å². The topological polar surface area (TPSA) is 88.6 Å². The van der Waals surface area contributed by atoms with Crippen LogP contribution in [-0.2, 0) is 16.4 Å². The first-order valence-corrected chi connectivity index (χ1v) is 12.3.